The van der Waals surface area contributed by atoms with Gasteiger partial charge in [0.1, 0.15) is 5.54 Å². The van der Waals surface area contributed by atoms with E-state index in [0.29, 0.717) is 11.8 Å². The first kappa shape index (κ1) is 12.5. The third kappa shape index (κ3) is 2.72. The Morgan fingerprint density at radius 2 is 2.20 bits per heavy atom. The van der Waals surface area contributed by atoms with Crippen LogP contribution in [0.25, 0.3) is 0 Å². The third-order valence-electron chi connectivity index (χ3n) is 3.66. The lowest BCUT2D eigenvalue weighted by Gasteiger charge is -2.42. The topological polar surface area (TPSA) is 35.8 Å². The first-order valence-electron chi connectivity index (χ1n) is 6.32. The van der Waals surface area contributed by atoms with Gasteiger partial charge in [0.25, 0.3) is 0 Å². The van der Waals surface area contributed by atoms with Gasteiger partial charge >= 0.3 is 0 Å². The van der Waals surface area contributed by atoms with E-state index in [1.165, 1.54) is 19.3 Å². The van der Waals surface area contributed by atoms with Gasteiger partial charge in [0, 0.05) is 0 Å². The highest BCUT2D eigenvalue weighted by Crippen LogP contribution is 2.38. The molecule has 0 bridgehead atoms. The van der Waals surface area contributed by atoms with Crippen LogP contribution in [0, 0.1) is 23.2 Å². The molecule has 0 heterocycles. The van der Waals surface area contributed by atoms with Gasteiger partial charge in [0.15, 0.2) is 0 Å². The number of hydrogen-bond acceptors (Lipinski definition) is 2. The summed E-state index contributed by atoms with van der Waals surface area (Å²) in [5.41, 5.74) is -0.234. The number of nitrogens with one attached hydrogen (secondary N) is 1. The van der Waals surface area contributed by atoms with Gasteiger partial charge in [0.05, 0.1) is 6.07 Å². The minimum atomic E-state index is -0.234. The van der Waals surface area contributed by atoms with Gasteiger partial charge in [-0.3, -0.25) is 5.32 Å². The fraction of sp³-hybridized carbons (Fsp3) is 0.923. The maximum absolute atomic E-state index is 9.47. The summed E-state index contributed by atoms with van der Waals surface area (Å²) in [5, 5.41) is 13.0. The molecule has 1 aliphatic carbocycles. The first-order valence-corrected chi connectivity index (χ1v) is 6.32. The Hall–Kier alpha value is -0.550. The fourth-order valence-corrected chi connectivity index (χ4v) is 2.85. The molecule has 0 aliphatic heterocycles. The summed E-state index contributed by atoms with van der Waals surface area (Å²) < 4.78 is 0. The molecule has 2 heteroatoms. The quantitative estimate of drug-likeness (QED) is 0.770. The van der Waals surface area contributed by atoms with Crippen molar-refractivity contribution in [3.8, 4) is 6.07 Å². The first-order chi connectivity index (χ1) is 7.16. The normalized spacial score (nSPS) is 31.5. The van der Waals surface area contributed by atoms with E-state index in [2.05, 4.69) is 32.2 Å². The molecule has 1 N–H and O–H groups in total. The summed E-state index contributed by atoms with van der Waals surface area (Å²) in [4.78, 5) is 0. The summed E-state index contributed by atoms with van der Waals surface area (Å²) in [7, 11) is 0. The van der Waals surface area contributed by atoms with Crippen molar-refractivity contribution in [2.24, 2.45) is 11.8 Å². The van der Waals surface area contributed by atoms with Gasteiger partial charge < -0.3 is 0 Å². The Balaban J connectivity index is 2.77. The lowest BCUT2D eigenvalue weighted by molar-refractivity contribution is 0.150. The van der Waals surface area contributed by atoms with E-state index in [4.69, 9.17) is 0 Å². The van der Waals surface area contributed by atoms with Crippen molar-refractivity contribution in [3.05, 3.63) is 0 Å². The predicted octanol–water partition coefficient (Wildman–Crippen LogP) is 3.09. The SMILES string of the molecule is CCCNC1(C#N)CCCCC1C(C)C. The molecule has 0 radical (unpaired) electrons. The molecule has 1 fully saturated rings. The lowest BCUT2D eigenvalue weighted by atomic mass is 9.68. The minimum Gasteiger partial charge on any atom is -0.299 e. The molecule has 0 saturated heterocycles. The van der Waals surface area contributed by atoms with E-state index in [0.717, 1.165) is 19.4 Å². The number of nitrogens with zero attached hydrogens (tertiary/aromatic N) is 1. The summed E-state index contributed by atoms with van der Waals surface area (Å²) in [6.07, 6.45) is 5.84. The Bertz CT molecular complexity index is 229. The molecule has 2 unspecified atom stereocenters. The van der Waals surface area contributed by atoms with E-state index >= 15 is 0 Å². The zero-order valence-corrected chi connectivity index (χ0v) is 10.3. The largest absolute Gasteiger partial charge is 0.299 e. The smallest absolute Gasteiger partial charge is 0.109 e. The maximum atomic E-state index is 9.47. The van der Waals surface area contributed by atoms with Crippen LogP contribution in [-0.2, 0) is 0 Å². The summed E-state index contributed by atoms with van der Waals surface area (Å²) in [6.45, 7) is 7.62. The second kappa shape index (κ2) is 5.51. The van der Waals surface area contributed by atoms with Crippen LogP contribution in [0.4, 0.5) is 0 Å². The molecule has 15 heavy (non-hydrogen) atoms. The Morgan fingerprint density at radius 1 is 1.47 bits per heavy atom. The highest BCUT2D eigenvalue weighted by atomic mass is 15.0. The van der Waals surface area contributed by atoms with Gasteiger partial charge in [-0.2, -0.15) is 5.26 Å². The summed E-state index contributed by atoms with van der Waals surface area (Å²) in [6, 6.07) is 2.57. The molecule has 2 atom stereocenters. The number of rotatable bonds is 4. The lowest BCUT2D eigenvalue weighted by Crippen LogP contribution is -2.53. The molecule has 2 nitrogen and oxygen atoms in total. The van der Waals surface area contributed by atoms with Crippen molar-refractivity contribution in [2.45, 2.75) is 58.4 Å². The molecule has 86 valence electrons. The molecule has 1 aliphatic rings. The summed E-state index contributed by atoms with van der Waals surface area (Å²) in [5.74, 6) is 1.14. The molecule has 1 rings (SSSR count). The third-order valence-corrected chi connectivity index (χ3v) is 3.66. The van der Waals surface area contributed by atoms with Crippen molar-refractivity contribution in [1.82, 2.24) is 5.32 Å². The van der Waals surface area contributed by atoms with Crippen molar-refractivity contribution >= 4 is 0 Å². The van der Waals surface area contributed by atoms with Crippen molar-refractivity contribution in [1.29, 1.82) is 5.26 Å². The van der Waals surface area contributed by atoms with Gasteiger partial charge in [-0.15, -0.1) is 0 Å². The molecular weight excluding hydrogens is 184 g/mol. The van der Waals surface area contributed by atoms with Crippen molar-refractivity contribution in [3.63, 3.8) is 0 Å². The van der Waals surface area contributed by atoms with Gasteiger partial charge in [-0.05, 0) is 37.6 Å². The van der Waals surface area contributed by atoms with Gasteiger partial charge in [-0.25, -0.2) is 0 Å². The molecular formula is C13H24N2. The van der Waals surface area contributed by atoms with Crippen molar-refractivity contribution in [2.75, 3.05) is 6.54 Å². The summed E-state index contributed by atoms with van der Waals surface area (Å²) >= 11 is 0. The molecule has 0 aromatic rings. The van der Waals surface area contributed by atoms with E-state index in [1.54, 1.807) is 0 Å². The Labute approximate surface area is 94.1 Å². The van der Waals surface area contributed by atoms with Crippen LogP contribution in [0.3, 0.4) is 0 Å². The van der Waals surface area contributed by atoms with Crippen LogP contribution in [-0.4, -0.2) is 12.1 Å². The standard InChI is InChI=1S/C13H24N2/c1-4-9-15-13(10-14)8-6-5-7-12(13)11(2)3/h11-12,15H,4-9H2,1-3H3. The highest BCUT2D eigenvalue weighted by molar-refractivity contribution is 5.13. The van der Waals surface area contributed by atoms with Gasteiger partial charge in [-0.1, -0.05) is 33.6 Å². The van der Waals surface area contributed by atoms with Gasteiger partial charge in [0.2, 0.25) is 0 Å². The van der Waals surface area contributed by atoms with E-state index in [-0.39, 0.29) is 5.54 Å². The Morgan fingerprint density at radius 3 is 2.73 bits per heavy atom. The number of hydrogen-bond donors (Lipinski definition) is 1. The average molecular weight is 208 g/mol. The minimum absolute atomic E-state index is 0.234. The van der Waals surface area contributed by atoms with Crippen LogP contribution in [0.1, 0.15) is 52.9 Å². The molecule has 0 aromatic carbocycles. The van der Waals surface area contributed by atoms with E-state index < -0.39 is 0 Å². The molecule has 0 aromatic heterocycles. The van der Waals surface area contributed by atoms with Crippen LogP contribution in [0.2, 0.25) is 0 Å². The average Bonchev–Trinajstić information content (AvgIpc) is 2.26. The second-order valence-corrected chi connectivity index (χ2v) is 5.11. The van der Waals surface area contributed by atoms with Crippen LogP contribution < -0.4 is 5.32 Å². The predicted molar refractivity (Wildman–Crippen MR) is 63.4 cm³/mol. The monoisotopic (exact) mass is 208 g/mol. The zero-order valence-electron chi connectivity index (χ0n) is 10.3. The highest BCUT2D eigenvalue weighted by Gasteiger charge is 2.41. The van der Waals surface area contributed by atoms with Crippen LogP contribution in [0.5, 0.6) is 0 Å². The zero-order chi connectivity index (χ0) is 11.3. The van der Waals surface area contributed by atoms with E-state index in [9.17, 15) is 5.26 Å². The number of nitriles is 1. The van der Waals surface area contributed by atoms with Crippen LogP contribution in [0.15, 0.2) is 0 Å². The van der Waals surface area contributed by atoms with Crippen LogP contribution >= 0.6 is 0 Å². The maximum Gasteiger partial charge on any atom is 0.109 e. The molecule has 0 amide bonds. The Kier molecular flexibility index (Phi) is 4.60. The molecule has 0 spiro atoms. The van der Waals surface area contributed by atoms with Crippen molar-refractivity contribution < 1.29 is 0 Å². The second-order valence-electron chi connectivity index (χ2n) is 5.11. The fourth-order valence-electron chi connectivity index (χ4n) is 2.85. The van der Waals surface area contributed by atoms with E-state index in [1.807, 2.05) is 0 Å². The molecule has 1 saturated carbocycles.